The number of phenolic OH excluding ortho intramolecular Hbond substituents is 1. The van der Waals surface area contributed by atoms with Crippen LogP contribution in [0.4, 0.5) is 5.69 Å². The zero-order valence-electron chi connectivity index (χ0n) is 12.4. The lowest BCUT2D eigenvalue weighted by molar-refractivity contribution is 0.102. The lowest BCUT2D eigenvalue weighted by atomic mass is 10.2. The van der Waals surface area contributed by atoms with Gasteiger partial charge in [-0.05, 0) is 24.3 Å². The lowest BCUT2D eigenvalue weighted by Crippen LogP contribution is -2.12. The lowest BCUT2D eigenvalue weighted by Gasteiger charge is -2.11. The van der Waals surface area contributed by atoms with Gasteiger partial charge < -0.3 is 20.1 Å². The molecule has 0 saturated heterocycles. The first-order valence-corrected chi connectivity index (χ1v) is 6.60. The monoisotopic (exact) mass is 299 g/mol. The number of amides is 1. The Kier molecular flexibility index (Phi) is 4.98. The number of hydrogen-bond acceptors (Lipinski definition) is 5. The third-order valence-electron chi connectivity index (χ3n) is 2.69. The number of benzene rings is 1. The van der Waals surface area contributed by atoms with Gasteiger partial charge in [0.15, 0.2) is 0 Å². The molecule has 114 valence electrons. The van der Waals surface area contributed by atoms with Crippen molar-refractivity contribution in [3.8, 4) is 11.5 Å². The van der Waals surface area contributed by atoms with Crippen LogP contribution in [-0.2, 0) is 0 Å². The Morgan fingerprint density at radius 1 is 1.36 bits per heavy atom. The summed E-state index contributed by atoms with van der Waals surface area (Å²) in [4.78, 5) is 17.9. The van der Waals surface area contributed by atoms with E-state index in [9.17, 15) is 9.90 Å². The highest BCUT2D eigenvalue weighted by molar-refractivity contribution is 6.04. The van der Waals surface area contributed by atoms with Crippen molar-refractivity contribution in [1.82, 2.24) is 9.88 Å². The van der Waals surface area contributed by atoms with Gasteiger partial charge in [-0.3, -0.25) is 9.78 Å². The summed E-state index contributed by atoms with van der Waals surface area (Å²) >= 11 is 0. The molecule has 6 nitrogen and oxygen atoms in total. The van der Waals surface area contributed by atoms with Crippen molar-refractivity contribution in [1.29, 1.82) is 0 Å². The van der Waals surface area contributed by atoms with Crippen LogP contribution < -0.4 is 10.1 Å². The van der Waals surface area contributed by atoms with Gasteiger partial charge in [-0.1, -0.05) is 0 Å². The molecule has 0 aliphatic carbocycles. The summed E-state index contributed by atoms with van der Waals surface area (Å²) < 4.78 is 5.48. The van der Waals surface area contributed by atoms with Crippen LogP contribution in [0.15, 0.2) is 55.2 Å². The Balaban J connectivity index is 2.18. The number of aromatic nitrogens is 1. The van der Waals surface area contributed by atoms with Crippen molar-refractivity contribution >= 4 is 11.6 Å². The number of ether oxygens (including phenoxy) is 1. The number of nitrogens with one attached hydrogen (secondary N) is 1. The van der Waals surface area contributed by atoms with E-state index in [-0.39, 0.29) is 11.7 Å². The average Bonchev–Trinajstić information content (AvgIpc) is 2.50. The standard InChI is InChI=1S/C16H17N3O3/c1-19(2)8-9-22-15-6-5-13(20)10-14(15)18-16(21)12-4-3-7-17-11-12/h3-11,20H,1-2H3,(H,18,21)/b9-8+. The van der Waals surface area contributed by atoms with Crippen LogP contribution in [-0.4, -0.2) is 35.0 Å². The Morgan fingerprint density at radius 3 is 2.86 bits per heavy atom. The van der Waals surface area contributed by atoms with Gasteiger partial charge in [0, 0.05) is 38.8 Å². The zero-order chi connectivity index (χ0) is 15.9. The van der Waals surface area contributed by atoms with Gasteiger partial charge in [0.2, 0.25) is 0 Å². The Labute approximate surface area is 128 Å². The van der Waals surface area contributed by atoms with E-state index in [1.54, 1.807) is 30.6 Å². The van der Waals surface area contributed by atoms with E-state index in [1.165, 1.54) is 24.6 Å². The van der Waals surface area contributed by atoms with Crippen molar-refractivity contribution in [2.45, 2.75) is 0 Å². The van der Waals surface area contributed by atoms with Crippen molar-refractivity contribution < 1.29 is 14.6 Å². The molecule has 0 aliphatic heterocycles. The largest absolute Gasteiger partial charge is 0.508 e. The Bertz CT molecular complexity index is 670. The van der Waals surface area contributed by atoms with Crippen LogP contribution in [0.25, 0.3) is 0 Å². The minimum absolute atomic E-state index is 0.0328. The second-order valence-corrected chi connectivity index (χ2v) is 4.74. The summed E-state index contributed by atoms with van der Waals surface area (Å²) in [6.07, 6.45) is 6.27. The first-order valence-electron chi connectivity index (χ1n) is 6.60. The molecule has 0 bridgehead atoms. The fourth-order valence-electron chi connectivity index (χ4n) is 1.64. The molecular formula is C16H17N3O3. The predicted molar refractivity (Wildman–Crippen MR) is 83.8 cm³/mol. The van der Waals surface area contributed by atoms with Crippen LogP contribution in [0.3, 0.4) is 0 Å². The summed E-state index contributed by atoms with van der Waals surface area (Å²) in [7, 11) is 3.73. The number of aromatic hydroxyl groups is 1. The van der Waals surface area contributed by atoms with Gasteiger partial charge in [-0.25, -0.2) is 0 Å². The molecule has 0 aliphatic rings. The maximum Gasteiger partial charge on any atom is 0.257 e. The predicted octanol–water partition coefficient (Wildman–Crippen LogP) is 2.45. The number of hydrogen-bond donors (Lipinski definition) is 2. The van der Waals surface area contributed by atoms with E-state index in [1.807, 2.05) is 19.0 Å². The van der Waals surface area contributed by atoms with E-state index in [2.05, 4.69) is 10.3 Å². The van der Waals surface area contributed by atoms with E-state index >= 15 is 0 Å². The molecule has 0 unspecified atom stereocenters. The normalized spacial score (nSPS) is 10.5. The molecule has 0 fully saturated rings. The third-order valence-corrected chi connectivity index (χ3v) is 2.69. The van der Waals surface area contributed by atoms with E-state index in [0.29, 0.717) is 17.0 Å². The molecule has 0 atom stereocenters. The number of nitrogens with zero attached hydrogens (tertiary/aromatic N) is 2. The quantitative estimate of drug-likeness (QED) is 0.830. The first kappa shape index (κ1) is 15.4. The summed E-state index contributed by atoms with van der Waals surface area (Å²) in [5.74, 6) is 0.124. The smallest absolute Gasteiger partial charge is 0.257 e. The van der Waals surface area contributed by atoms with Crippen molar-refractivity contribution in [3.05, 3.63) is 60.8 Å². The van der Waals surface area contributed by atoms with Crippen LogP contribution >= 0.6 is 0 Å². The number of phenols is 1. The van der Waals surface area contributed by atoms with E-state index < -0.39 is 0 Å². The van der Waals surface area contributed by atoms with Gasteiger partial charge in [0.1, 0.15) is 17.8 Å². The molecule has 2 rings (SSSR count). The molecule has 2 aromatic rings. The number of carbonyl (C=O) groups excluding carboxylic acids is 1. The highest BCUT2D eigenvalue weighted by Crippen LogP contribution is 2.29. The maximum absolute atomic E-state index is 12.1. The molecule has 0 spiro atoms. The summed E-state index contributed by atoms with van der Waals surface area (Å²) in [6, 6.07) is 7.81. The summed E-state index contributed by atoms with van der Waals surface area (Å²) in [6.45, 7) is 0. The zero-order valence-corrected chi connectivity index (χ0v) is 12.4. The van der Waals surface area contributed by atoms with Crippen LogP contribution in [0, 0.1) is 0 Å². The molecule has 1 heterocycles. The van der Waals surface area contributed by atoms with E-state index in [0.717, 1.165) is 0 Å². The molecule has 0 radical (unpaired) electrons. The SMILES string of the molecule is CN(C)/C=C/Oc1ccc(O)cc1NC(=O)c1cccnc1. The fourth-order valence-corrected chi connectivity index (χ4v) is 1.64. The van der Waals surface area contributed by atoms with Crippen LogP contribution in [0.5, 0.6) is 11.5 Å². The Morgan fingerprint density at radius 2 is 2.18 bits per heavy atom. The fraction of sp³-hybridized carbons (Fsp3) is 0.125. The average molecular weight is 299 g/mol. The van der Waals surface area contributed by atoms with Crippen LogP contribution in [0.2, 0.25) is 0 Å². The molecule has 22 heavy (non-hydrogen) atoms. The summed E-state index contributed by atoms with van der Waals surface area (Å²) in [5, 5.41) is 12.3. The second kappa shape index (κ2) is 7.12. The van der Waals surface area contributed by atoms with Gasteiger partial charge in [0.25, 0.3) is 5.91 Å². The number of pyridine rings is 1. The minimum Gasteiger partial charge on any atom is -0.508 e. The van der Waals surface area contributed by atoms with Crippen molar-refractivity contribution in [2.75, 3.05) is 19.4 Å². The molecular weight excluding hydrogens is 282 g/mol. The third kappa shape index (κ3) is 4.24. The molecule has 1 amide bonds. The Hall–Kier alpha value is -3.02. The molecule has 1 aromatic heterocycles. The molecule has 1 aromatic carbocycles. The van der Waals surface area contributed by atoms with Crippen molar-refractivity contribution in [3.63, 3.8) is 0 Å². The van der Waals surface area contributed by atoms with Gasteiger partial charge in [-0.15, -0.1) is 0 Å². The minimum atomic E-state index is -0.333. The first-order chi connectivity index (χ1) is 10.6. The second-order valence-electron chi connectivity index (χ2n) is 4.74. The number of rotatable bonds is 5. The summed E-state index contributed by atoms with van der Waals surface area (Å²) in [5.41, 5.74) is 0.790. The molecule has 6 heteroatoms. The van der Waals surface area contributed by atoms with Gasteiger partial charge in [0.05, 0.1) is 11.3 Å². The number of carbonyl (C=O) groups is 1. The highest BCUT2D eigenvalue weighted by Gasteiger charge is 2.10. The topological polar surface area (TPSA) is 74.7 Å². The molecule has 2 N–H and O–H groups in total. The van der Waals surface area contributed by atoms with Gasteiger partial charge >= 0.3 is 0 Å². The highest BCUT2D eigenvalue weighted by atomic mass is 16.5. The van der Waals surface area contributed by atoms with Crippen LogP contribution in [0.1, 0.15) is 10.4 Å². The maximum atomic E-state index is 12.1. The number of anilines is 1. The van der Waals surface area contributed by atoms with Crippen molar-refractivity contribution in [2.24, 2.45) is 0 Å². The van der Waals surface area contributed by atoms with E-state index in [4.69, 9.17) is 4.74 Å². The van der Waals surface area contributed by atoms with Gasteiger partial charge in [-0.2, -0.15) is 0 Å². The molecule has 0 saturated carbocycles.